The van der Waals surface area contributed by atoms with E-state index in [0.717, 1.165) is 5.69 Å². The Bertz CT molecular complexity index is 375. The molecule has 1 heterocycles. The first-order chi connectivity index (χ1) is 8.06. The largest absolute Gasteiger partial charge is 0.480 e. The van der Waals surface area contributed by atoms with E-state index in [2.05, 4.69) is 10.3 Å². The van der Waals surface area contributed by atoms with Crippen LogP contribution in [-0.2, 0) is 16.0 Å². The van der Waals surface area contributed by atoms with Crippen LogP contribution in [0.1, 0.15) is 5.69 Å². The van der Waals surface area contributed by atoms with Gasteiger partial charge in [-0.15, -0.1) is 0 Å². The molecule has 0 saturated carbocycles. The molecule has 1 aromatic rings. The van der Waals surface area contributed by atoms with Crippen molar-refractivity contribution in [3.8, 4) is 0 Å². The molecule has 0 aliphatic rings. The minimum atomic E-state index is -1.18. The van der Waals surface area contributed by atoms with Gasteiger partial charge in [0.25, 0.3) is 5.91 Å². The van der Waals surface area contributed by atoms with Gasteiger partial charge in [0.05, 0.1) is 0 Å². The van der Waals surface area contributed by atoms with E-state index in [1.165, 1.54) is 11.9 Å². The van der Waals surface area contributed by atoms with Crippen LogP contribution in [0.3, 0.4) is 0 Å². The van der Waals surface area contributed by atoms with E-state index in [1.54, 1.807) is 7.05 Å². The maximum Gasteiger partial charge on any atom is 0.330 e. The van der Waals surface area contributed by atoms with Crippen LogP contribution in [0.2, 0.25) is 0 Å². The van der Waals surface area contributed by atoms with Gasteiger partial charge in [-0.2, -0.15) is 0 Å². The first-order valence-electron chi connectivity index (χ1n) is 5.33. The molecule has 1 aromatic heterocycles. The molecule has 1 unspecified atom stereocenters. The van der Waals surface area contributed by atoms with Crippen molar-refractivity contribution in [2.45, 2.75) is 12.5 Å². The van der Waals surface area contributed by atoms with Crippen LogP contribution < -0.4 is 5.32 Å². The fourth-order valence-electron chi connectivity index (χ4n) is 1.49. The Morgan fingerprint density at radius 3 is 2.76 bits per heavy atom. The Morgan fingerprint density at radius 2 is 2.29 bits per heavy atom. The van der Waals surface area contributed by atoms with Gasteiger partial charge < -0.3 is 15.0 Å². The Hall–Kier alpha value is -1.82. The highest BCUT2D eigenvalue weighted by Crippen LogP contribution is 1.99. The zero-order valence-corrected chi connectivity index (χ0v) is 9.93. The average molecular weight is 239 g/mol. The first kappa shape index (κ1) is 13.2. The van der Waals surface area contributed by atoms with E-state index in [-0.39, 0.29) is 0 Å². The molecule has 6 nitrogen and oxygen atoms in total. The summed E-state index contributed by atoms with van der Waals surface area (Å²) in [6, 6.07) is 2.62. The lowest BCUT2D eigenvalue weighted by atomic mass is 10.2. The summed E-state index contributed by atoms with van der Waals surface area (Å²) in [6.07, 6.45) is 2.48. The third-order valence-corrected chi connectivity index (χ3v) is 2.54. The molecule has 0 aromatic carbocycles. The third kappa shape index (κ3) is 3.60. The summed E-state index contributed by atoms with van der Waals surface area (Å²) in [5.74, 6) is -1.60. The second kappa shape index (κ2) is 6.05. The molecule has 0 spiro atoms. The first-order valence-corrected chi connectivity index (χ1v) is 5.33. The van der Waals surface area contributed by atoms with Crippen LogP contribution in [-0.4, -0.2) is 53.5 Å². The average Bonchev–Trinajstić information content (AvgIpc) is 2.78. The summed E-state index contributed by atoms with van der Waals surface area (Å²) >= 11 is 0. The van der Waals surface area contributed by atoms with Gasteiger partial charge in [0.2, 0.25) is 0 Å². The molecule has 0 aliphatic heterocycles. The molecule has 0 saturated heterocycles. The normalized spacial score (nSPS) is 12.1. The molecule has 3 N–H and O–H groups in total. The van der Waals surface area contributed by atoms with Gasteiger partial charge in [-0.25, -0.2) is 4.79 Å². The molecular weight excluding hydrogens is 222 g/mol. The summed E-state index contributed by atoms with van der Waals surface area (Å²) in [5, 5.41) is 11.3. The number of nitrogens with zero attached hydrogens (tertiary/aromatic N) is 1. The zero-order chi connectivity index (χ0) is 12.8. The molecule has 6 heteroatoms. The van der Waals surface area contributed by atoms with Crippen LogP contribution >= 0.6 is 0 Å². The minimum Gasteiger partial charge on any atom is -0.480 e. The van der Waals surface area contributed by atoms with Crippen molar-refractivity contribution in [2.24, 2.45) is 0 Å². The summed E-state index contributed by atoms with van der Waals surface area (Å²) in [5.41, 5.74) is 1.01. The SMILES string of the molecule is CNC(C(=O)O)C(=O)N(C)CCc1ccc[nH]1. The molecule has 17 heavy (non-hydrogen) atoms. The Kier molecular flexibility index (Phi) is 4.71. The molecule has 1 amide bonds. The van der Waals surface area contributed by atoms with Crippen molar-refractivity contribution in [3.63, 3.8) is 0 Å². The highest BCUT2D eigenvalue weighted by molar-refractivity contribution is 6.00. The standard InChI is InChI=1S/C11H17N3O3/c1-12-9(11(16)17)10(15)14(2)7-5-8-4-3-6-13-8/h3-4,6,9,12-13H,5,7H2,1-2H3,(H,16,17). The number of carboxylic acid groups (broad SMARTS) is 1. The smallest absolute Gasteiger partial charge is 0.330 e. The molecule has 1 atom stereocenters. The fraction of sp³-hybridized carbons (Fsp3) is 0.455. The van der Waals surface area contributed by atoms with Gasteiger partial charge in [-0.05, 0) is 19.2 Å². The van der Waals surface area contributed by atoms with Gasteiger partial charge in [0.15, 0.2) is 6.04 Å². The monoisotopic (exact) mass is 239 g/mol. The minimum absolute atomic E-state index is 0.438. The molecule has 94 valence electrons. The lowest BCUT2D eigenvalue weighted by Crippen LogP contribution is -2.48. The number of likely N-dealkylation sites (N-methyl/N-ethyl adjacent to an activating group) is 2. The summed E-state index contributed by atoms with van der Waals surface area (Å²) in [7, 11) is 3.05. The highest BCUT2D eigenvalue weighted by atomic mass is 16.4. The van der Waals surface area contributed by atoms with E-state index in [9.17, 15) is 9.59 Å². The van der Waals surface area contributed by atoms with Crippen molar-refractivity contribution in [2.75, 3.05) is 20.6 Å². The summed E-state index contributed by atoms with van der Waals surface area (Å²) in [4.78, 5) is 27.0. The van der Waals surface area contributed by atoms with Gasteiger partial charge >= 0.3 is 5.97 Å². The number of aromatic amines is 1. The third-order valence-electron chi connectivity index (χ3n) is 2.54. The van der Waals surface area contributed by atoms with Crippen LogP contribution in [0.25, 0.3) is 0 Å². The number of aliphatic carboxylic acids is 1. The van der Waals surface area contributed by atoms with Crippen molar-refractivity contribution in [3.05, 3.63) is 24.0 Å². The zero-order valence-electron chi connectivity index (χ0n) is 9.93. The van der Waals surface area contributed by atoms with E-state index in [4.69, 9.17) is 5.11 Å². The van der Waals surface area contributed by atoms with Crippen LogP contribution in [0, 0.1) is 0 Å². The van der Waals surface area contributed by atoms with Crippen molar-refractivity contribution in [1.82, 2.24) is 15.2 Å². The second-order valence-corrected chi connectivity index (χ2v) is 3.77. The number of H-pyrrole nitrogens is 1. The van der Waals surface area contributed by atoms with E-state index >= 15 is 0 Å². The number of hydrogen-bond acceptors (Lipinski definition) is 3. The van der Waals surface area contributed by atoms with Crippen molar-refractivity contribution in [1.29, 1.82) is 0 Å². The maximum atomic E-state index is 11.7. The van der Waals surface area contributed by atoms with Gasteiger partial charge in [-0.3, -0.25) is 10.1 Å². The highest BCUT2D eigenvalue weighted by Gasteiger charge is 2.26. The van der Waals surface area contributed by atoms with Crippen LogP contribution in [0.4, 0.5) is 0 Å². The molecular formula is C11H17N3O3. The van der Waals surface area contributed by atoms with Gasteiger partial charge in [0, 0.05) is 31.9 Å². The van der Waals surface area contributed by atoms with Gasteiger partial charge in [0.1, 0.15) is 0 Å². The number of carbonyl (C=O) groups excluding carboxylic acids is 1. The molecule has 1 rings (SSSR count). The van der Waals surface area contributed by atoms with Crippen molar-refractivity contribution >= 4 is 11.9 Å². The predicted octanol–water partition coefficient (Wildman–Crippen LogP) is -0.312. The molecule has 0 fully saturated rings. The molecule has 0 bridgehead atoms. The number of carbonyl (C=O) groups is 2. The number of rotatable bonds is 6. The number of nitrogens with one attached hydrogen (secondary N) is 2. The summed E-state index contributed by atoms with van der Waals surface area (Å²) < 4.78 is 0. The van der Waals surface area contributed by atoms with E-state index in [0.29, 0.717) is 13.0 Å². The van der Waals surface area contributed by atoms with Crippen molar-refractivity contribution < 1.29 is 14.7 Å². The lowest BCUT2D eigenvalue weighted by molar-refractivity contribution is -0.147. The maximum absolute atomic E-state index is 11.7. The predicted molar refractivity (Wildman–Crippen MR) is 62.6 cm³/mol. The Balaban J connectivity index is 2.49. The number of carboxylic acids is 1. The van der Waals surface area contributed by atoms with Crippen LogP contribution in [0.5, 0.6) is 0 Å². The van der Waals surface area contributed by atoms with Gasteiger partial charge in [-0.1, -0.05) is 0 Å². The summed E-state index contributed by atoms with van der Waals surface area (Å²) in [6.45, 7) is 0.477. The topological polar surface area (TPSA) is 85.4 Å². The van der Waals surface area contributed by atoms with E-state index in [1.807, 2.05) is 18.3 Å². The quantitative estimate of drug-likeness (QED) is 0.594. The Labute approximate surface area is 99.6 Å². The number of aromatic nitrogens is 1. The molecule has 0 radical (unpaired) electrons. The molecule has 0 aliphatic carbocycles. The second-order valence-electron chi connectivity index (χ2n) is 3.77. The van der Waals surface area contributed by atoms with E-state index < -0.39 is 17.9 Å². The Morgan fingerprint density at radius 1 is 1.59 bits per heavy atom. The van der Waals surface area contributed by atoms with Crippen LogP contribution in [0.15, 0.2) is 18.3 Å². The lowest BCUT2D eigenvalue weighted by Gasteiger charge is -2.20. The fourth-order valence-corrected chi connectivity index (χ4v) is 1.49. The number of amides is 1. The number of hydrogen-bond donors (Lipinski definition) is 3.